The van der Waals surface area contributed by atoms with Crippen LogP contribution in [0.25, 0.3) is 0 Å². The van der Waals surface area contributed by atoms with Gasteiger partial charge in [-0.2, -0.15) is 0 Å². The van der Waals surface area contributed by atoms with E-state index in [2.05, 4.69) is 41.8 Å². The minimum atomic E-state index is -1.00. The highest BCUT2D eigenvalue weighted by Gasteiger charge is 2.45. The topological polar surface area (TPSA) is 52.7 Å². The van der Waals surface area contributed by atoms with Crippen LogP contribution >= 0.6 is 0 Å². The number of hydrogen-bond acceptors (Lipinski definition) is 2. The second-order valence-electron chi connectivity index (χ2n) is 9.95. The molecule has 3 amide bonds. The van der Waals surface area contributed by atoms with E-state index in [1.807, 2.05) is 35.2 Å². The minimum absolute atomic E-state index is 0. The number of halogens is 2. The summed E-state index contributed by atoms with van der Waals surface area (Å²) in [5.41, 5.74) is 3.62. The molecule has 0 spiro atoms. The summed E-state index contributed by atoms with van der Waals surface area (Å²) in [5, 5.41) is 2.66. The van der Waals surface area contributed by atoms with Gasteiger partial charge in [0.2, 0.25) is 5.91 Å². The van der Waals surface area contributed by atoms with Crippen LogP contribution in [0.2, 0.25) is 0 Å². The van der Waals surface area contributed by atoms with E-state index in [-0.39, 0.29) is 43.5 Å². The van der Waals surface area contributed by atoms with Crippen LogP contribution < -0.4 is 5.32 Å². The van der Waals surface area contributed by atoms with E-state index in [1.54, 1.807) is 0 Å². The zero-order valence-corrected chi connectivity index (χ0v) is 20.2. The van der Waals surface area contributed by atoms with Crippen LogP contribution in [0.15, 0.2) is 90.1 Å². The number of amides is 3. The molecule has 0 radical (unpaired) electrons. The van der Waals surface area contributed by atoms with Crippen molar-refractivity contribution < 1.29 is 19.8 Å². The van der Waals surface area contributed by atoms with Crippen LogP contribution in [0.5, 0.6) is 0 Å². The molecule has 3 atom stereocenters. The molecule has 5 nitrogen and oxygen atoms in total. The molecule has 2 heterocycles. The molecule has 1 N–H and O–H groups in total. The molecule has 190 valence electrons. The Balaban J connectivity index is 0.00000294. The van der Waals surface area contributed by atoms with Gasteiger partial charge in [-0.25, -0.2) is 13.6 Å². The highest BCUT2D eigenvalue weighted by molar-refractivity contribution is 5.96. The summed E-state index contributed by atoms with van der Waals surface area (Å²) in [5.74, 6) is -1.92. The first-order valence-corrected chi connectivity index (χ1v) is 12.6. The van der Waals surface area contributed by atoms with Crippen LogP contribution in [0.1, 0.15) is 25.4 Å². The fourth-order valence-corrected chi connectivity index (χ4v) is 5.85. The van der Waals surface area contributed by atoms with E-state index in [0.717, 1.165) is 24.5 Å². The number of urea groups is 1. The fraction of sp³-hybridized carbons (Fsp3) is 0.267. The van der Waals surface area contributed by atoms with Crippen molar-refractivity contribution in [1.82, 2.24) is 9.80 Å². The van der Waals surface area contributed by atoms with Gasteiger partial charge in [0.1, 0.15) is 6.04 Å². The van der Waals surface area contributed by atoms with E-state index in [9.17, 15) is 18.4 Å². The van der Waals surface area contributed by atoms with Gasteiger partial charge in [0.05, 0.1) is 18.3 Å². The Morgan fingerprint density at radius 3 is 2.76 bits per heavy atom. The first-order valence-electron chi connectivity index (χ1n) is 12.6. The average molecular weight is 502 g/mol. The van der Waals surface area contributed by atoms with Gasteiger partial charge in [0.15, 0.2) is 11.6 Å². The molecular formula is C30H29F2N3O2. The van der Waals surface area contributed by atoms with Crippen molar-refractivity contribution in [2.75, 3.05) is 11.9 Å². The lowest BCUT2D eigenvalue weighted by molar-refractivity contribution is -0.136. The highest BCUT2D eigenvalue weighted by atomic mass is 19.2. The lowest BCUT2D eigenvalue weighted by atomic mass is 9.94. The predicted octanol–water partition coefficient (Wildman–Crippen LogP) is 5.77. The van der Waals surface area contributed by atoms with Crippen molar-refractivity contribution in [2.24, 2.45) is 5.92 Å². The summed E-state index contributed by atoms with van der Waals surface area (Å²) in [7, 11) is 0. The van der Waals surface area contributed by atoms with Crippen molar-refractivity contribution in [3.05, 3.63) is 113 Å². The molecule has 1 fully saturated rings. The second kappa shape index (κ2) is 9.47. The third kappa shape index (κ3) is 4.28. The van der Waals surface area contributed by atoms with Crippen LogP contribution in [0, 0.1) is 17.6 Å². The Morgan fingerprint density at radius 1 is 1.14 bits per heavy atom. The van der Waals surface area contributed by atoms with Gasteiger partial charge >= 0.3 is 6.03 Å². The maximum absolute atomic E-state index is 14.7. The Labute approximate surface area is 215 Å². The van der Waals surface area contributed by atoms with E-state index < -0.39 is 23.7 Å². The molecule has 2 aromatic carbocycles. The number of likely N-dealkylation sites (tertiary alicyclic amines) is 1. The SMILES string of the molecule is O=C([C@@H](Cc1ccccc1)N1Cc2c(ccc(F)c2F)NC1=O)N1CC2CC1C=C2C1=CC=CCC=C1.[HH]. The minimum Gasteiger partial charge on any atom is -0.334 e. The van der Waals surface area contributed by atoms with Crippen molar-refractivity contribution in [1.29, 1.82) is 0 Å². The van der Waals surface area contributed by atoms with E-state index in [1.165, 1.54) is 22.1 Å². The molecule has 2 aliphatic heterocycles. The number of nitrogens with one attached hydrogen (secondary N) is 1. The molecule has 2 aliphatic carbocycles. The summed E-state index contributed by atoms with van der Waals surface area (Å²) in [6.45, 7) is 0.394. The maximum atomic E-state index is 14.7. The van der Waals surface area contributed by atoms with Crippen molar-refractivity contribution in [3.63, 3.8) is 0 Å². The fourth-order valence-electron chi connectivity index (χ4n) is 5.85. The number of carbonyl (C=O) groups excluding carboxylic acids is 2. The second-order valence-corrected chi connectivity index (χ2v) is 9.95. The largest absolute Gasteiger partial charge is 0.334 e. The number of anilines is 1. The number of rotatable bonds is 5. The first kappa shape index (κ1) is 23.4. The maximum Gasteiger partial charge on any atom is 0.322 e. The summed E-state index contributed by atoms with van der Waals surface area (Å²) >= 11 is 0. The summed E-state index contributed by atoms with van der Waals surface area (Å²) < 4.78 is 28.7. The van der Waals surface area contributed by atoms with Gasteiger partial charge in [-0.05, 0) is 41.7 Å². The smallest absolute Gasteiger partial charge is 0.322 e. The molecule has 2 aromatic rings. The molecule has 7 heteroatoms. The summed E-state index contributed by atoms with van der Waals surface area (Å²) in [6, 6.07) is 10.4. The summed E-state index contributed by atoms with van der Waals surface area (Å²) in [4.78, 5) is 30.4. The Hall–Kier alpha value is -4.00. The molecule has 0 aromatic heterocycles. The quantitative estimate of drug-likeness (QED) is 0.566. The van der Waals surface area contributed by atoms with Gasteiger partial charge in [-0.1, -0.05) is 66.8 Å². The zero-order chi connectivity index (χ0) is 25.5. The molecular weight excluding hydrogens is 472 g/mol. The van der Waals surface area contributed by atoms with Crippen LogP contribution in [-0.2, 0) is 17.8 Å². The van der Waals surface area contributed by atoms with E-state index >= 15 is 0 Å². The Morgan fingerprint density at radius 2 is 1.97 bits per heavy atom. The van der Waals surface area contributed by atoms with Gasteiger partial charge in [-0.15, -0.1) is 0 Å². The number of fused-ring (bicyclic) bond motifs is 3. The Bertz CT molecular complexity index is 1390. The van der Waals surface area contributed by atoms with Gasteiger partial charge in [-0.3, -0.25) is 4.79 Å². The van der Waals surface area contributed by atoms with Crippen LogP contribution in [-0.4, -0.2) is 40.4 Å². The third-order valence-corrected chi connectivity index (χ3v) is 7.71. The zero-order valence-electron chi connectivity index (χ0n) is 20.2. The summed E-state index contributed by atoms with van der Waals surface area (Å²) in [6.07, 6.45) is 14.8. The standard InChI is InChI=1S/C30H27F2N3O2.H2/c31-25-12-13-26-24(28(25)32)18-35(30(37)33-26)27(14-19-8-4-3-5-9-19)29(36)34-17-21-15-22(34)16-23(21)20-10-6-1-2-7-11-20;/h1,3-13,16,21-22,27H,2,14-15,17-18H2,(H,33,37);1H/t21?,22?,27-;/m1./s1. The monoisotopic (exact) mass is 501 g/mol. The van der Waals surface area contributed by atoms with Crippen molar-refractivity contribution in [3.8, 4) is 0 Å². The lowest BCUT2D eigenvalue weighted by Crippen LogP contribution is -2.55. The highest BCUT2D eigenvalue weighted by Crippen LogP contribution is 2.42. The first-order chi connectivity index (χ1) is 18.0. The van der Waals surface area contributed by atoms with Crippen LogP contribution in [0.4, 0.5) is 19.3 Å². The number of benzene rings is 2. The molecule has 0 saturated carbocycles. The third-order valence-electron chi connectivity index (χ3n) is 7.71. The van der Waals surface area contributed by atoms with Gasteiger partial charge in [0.25, 0.3) is 0 Å². The molecule has 37 heavy (non-hydrogen) atoms. The molecule has 2 unspecified atom stereocenters. The molecule has 6 rings (SSSR count). The Kier molecular flexibility index (Phi) is 5.99. The number of nitrogens with zero attached hydrogens (tertiary/aromatic N) is 2. The number of hydrogen-bond donors (Lipinski definition) is 1. The molecule has 4 aliphatic rings. The number of carbonyl (C=O) groups is 2. The number of allylic oxidation sites excluding steroid dienone is 6. The van der Waals surface area contributed by atoms with Gasteiger partial charge in [0, 0.05) is 25.9 Å². The van der Waals surface area contributed by atoms with E-state index in [0.29, 0.717) is 6.54 Å². The predicted molar refractivity (Wildman–Crippen MR) is 140 cm³/mol. The lowest BCUT2D eigenvalue weighted by Gasteiger charge is -2.38. The van der Waals surface area contributed by atoms with Crippen LogP contribution in [0.3, 0.4) is 0 Å². The normalized spacial score (nSPS) is 22.8. The molecule has 2 bridgehead atoms. The van der Waals surface area contributed by atoms with Crippen molar-refractivity contribution >= 4 is 17.6 Å². The van der Waals surface area contributed by atoms with E-state index in [4.69, 9.17) is 0 Å². The average Bonchev–Trinajstić information content (AvgIpc) is 3.41. The van der Waals surface area contributed by atoms with Gasteiger partial charge < -0.3 is 15.1 Å². The molecule has 1 saturated heterocycles. The van der Waals surface area contributed by atoms with Crippen molar-refractivity contribution in [2.45, 2.75) is 37.9 Å².